The highest BCUT2D eigenvalue weighted by Gasteiger charge is 2.33. The van der Waals surface area contributed by atoms with Gasteiger partial charge in [0.1, 0.15) is 0 Å². The lowest BCUT2D eigenvalue weighted by Crippen LogP contribution is -2.46. The Bertz CT molecular complexity index is 362. The Morgan fingerprint density at radius 3 is 2.18 bits per heavy atom. The average molecular weight is 306 g/mol. The number of hydrazone groups is 1. The molecule has 22 heavy (non-hydrogen) atoms. The second kappa shape index (κ2) is 12.2. The van der Waals surface area contributed by atoms with Crippen molar-refractivity contribution < 1.29 is 4.79 Å². The Kier molecular flexibility index (Phi) is 11.4. The van der Waals surface area contributed by atoms with Crippen LogP contribution in [-0.4, -0.2) is 22.7 Å². The van der Waals surface area contributed by atoms with Gasteiger partial charge in [-0.05, 0) is 31.9 Å². The smallest absolute Gasteiger partial charge is 0.266 e. The minimum atomic E-state index is -0.243. The highest BCUT2D eigenvalue weighted by atomic mass is 16.2. The summed E-state index contributed by atoms with van der Waals surface area (Å²) < 4.78 is 0. The van der Waals surface area contributed by atoms with Crippen molar-refractivity contribution in [2.75, 3.05) is 0 Å². The van der Waals surface area contributed by atoms with Crippen molar-refractivity contribution in [3.63, 3.8) is 0 Å². The van der Waals surface area contributed by atoms with Crippen molar-refractivity contribution in [2.45, 2.75) is 84.1 Å². The summed E-state index contributed by atoms with van der Waals surface area (Å²) in [5.74, 6) is -0.134. The maximum absolute atomic E-state index is 12.2. The lowest BCUT2D eigenvalue weighted by atomic mass is 9.87. The third-order valence-corrected chi connectivity index (χ3v) is 4.07. The van der Waals surface area contributed by atoms with Crippen LogP contribution in [0.5, 0.6) is 0 Å². The molecule has 0 aliphatic heterocycles. The molecule has 0 aromatic carbocycles. The maximum atomic E-state index is 12.2. The molecule has 0 heterocycles. The zero-order valence-electron chi connectivity index (χ0n) is 14.8. The number of carbonyl (C=O) groups is 1. The van der Waals surface area contributed by atoms with Crippen molar-refractivity contribution in [1.29, 1.82) is 0 Å². The third kappa shape index (κ3) is 7.58. The molecule has 126 valence electrons. The summed E-state index contributed by atoms with van der Waals surface area (Å²) in [6.45, 7) is 13.8. The number of carbonyl (C=O) groups excluding carboxylic acids is 1. The summed E-state index contributed by atoms with van der Waals surface area (Å²) in [6.07, 6.45) is 14.8. The number of rotatable bonds is 13. The van der Waals surface area contributed by atoms with Gasteiger partial charge in [0.15, 0.2) is 0 Å². The Hall–Kier alpha value is -1.38. The molecule has 0 spiro atoms. The molecule has 0 radical (unpaired) electrons. The minimum absolute atomic E-state index is 0.134. The van der Waals surface area contributed by atoms with E-state index in [1.54, 1.807) is 17.3 Å². The molecule has 3 nitrogen and oxygen atoms in total. The monoisotopic (exact) mass is 306 g/mol. The second-order valence-electron chi connectivity index (χ2n) is 6.12. The predicted molar refractivity (Wildman–Crippen MR) is 97.0 cm³/mol. The Morgan fingerprint density at radius 1 is 1.05 bits per heavy atom. The van der Waals surface area contributed by atoms with Gasteiger partial charge in [-0.3, -0.25) is 4.79 Å². The van der Waals surface area contributed by atoms with Crippen LogP contribution in [0.25, 0.3) is 0 Å². The topological polar surface area (TPSA) is 32.7 Å². The number of hydrogen-bond acceptors (Lipinski definition) is 2. The summed E-state index contributed by atoms with van der Waals surface area (Å²) in [7, 11) is 0. The van der Waals surface area contributed by atoms with Crippen LogP contribution in [0, 0.1) is 0 Å². The van der Waals surface area contributed by atoms with E-state index in [9.17, 15) is 4.79 Å². The second-order valence-corrected chi connectivity index (χ2v) is 6.12. The first kappa shape index (κ1) is 20.6. The highest BCUT2D eigenvalue weighted by molar-refractivity contribution is 5.88. The van der Waals surface area contributed by atoms with E-state index in [0.29, 0.717) is 0 Å². The maximum Gasteiger partial charge on any atom is 0.266 e. The molecule has 0 aliphatic rings. The first-order valence-corrected chi connectivity index (χ1v) is 8.67. The fourth-order valence-corrected chi connectivity index (χ4v) is 2.67. The molecule has 0 bridgehead atoms. The van der Waals surface area contributed by atoms with Gasteiger partial charge in [0.25, 0.3) is 5.91 Å². The molecular formula is C19H34N2O. The van der Waals surface area contributed by atoms with E-state index in [0.717, 1.165) is 32.1 Å². The molecule has 1 atom stereocenters. The Balaban J connectivity index is 4.97. The van der Waals surface area contributed by atoms with E-state index in [1.165, 1.54) is 31.8 Å². The van der Waals surface area contributed by atoms with E-state index in [1.807, 2.05) is 0 Å². The average Bonchev–Trinajstić information content (AvgIpc) is 2.52. The lowest BCUT2D eigenvalue weighted by molar-refractivity contribution is -0.132. The van der Waals surface area contributed by atoms with Crippen LogP contribution in [0.2, 0.25) is 0 Å². The van der Waals surface area contributed by atoms with Crippen LogP contribution in [0.15, 0.2) is 30.4 Å². The molecule has 1 unspecified atom stereocenters. The molecule has 0 saturated heterocycles. The molecule has 0 aromatic heterocycles. The molecule has 0 N–H and O–H groups in total. The standard InChI is InChI=1S/C19H34N2O/c1-6-10-12-13-14-16-19(5,15-11-7-2)21(18(22)9-4)20-17-8-3/h8-9,17H,3-4,6-7,10-16H2,1-2,5H3/b20-17-. The van der Waals surface area contributed by atoms with E-state index in [2.05, 4.69) is 39.0 Å². The van der Waals surface area contributed by atoms with Gasteiger partial charge < -0.3 is 0 Å². The summed E-state index contributed by atoms with van der Waals surface area (Å²) in [4.78, 5) is 12.2. The van der Waals surface area contributed by atoms with Gasteiger partial charge in [0, 0.05) is 6.21 Å². The first-order chi connectivity index (χ1) is 10.6. The van der Waals surface area contributed by atoms with Crippen LogP contribution in [0.3, 0.4) is 0 Å². The van der Waals surface area contributed by atoms with Gasteiger partial charge in [-0.15, -0.1) is 0 Å². The number of allylic oxidation sites excluding steroid dienone is 1. The molecule has 3 heteroatoms. The summed E-state index contributed by atoms with van der Waals surface area (Å²) in [5.41, 5.74) is -0.243. The number of unbranched alkanes of at least 4 members (excludes halogenated alkanes) is 5. The van der Waals surface area contributed by atoms with Crippen molar-refractivity contribution in [1.82, 2.24) is 5.01 Å². The largest absolute Gasteiger partial charge is 0.268 e. The molecule has 0 fully saturated rings. The van der Waals surface area contributed by atoms with Gasteiger partial charge in [0.2, 0.25) is 0 Å². The van der Waals surface area contributed by atoms with Crippen LogP contribution < -0.4 is 0 Å². The van der Waals surface area contributed by atoms with Crippen molar-refractivity contribution >= 4 is 12.1 Å². The van der Waals surface area contributed by atoms with Crippen LogP contribution in [0.1, 0.15) is 78.6 Å². The van der Waals surface area contributed by atoms with Crippen molar-refractivity contribution in [3.05, 3.63) is 25.3 Å². The van der Waals surface area contributed by atoms with Gasteiger partial charge in [0.05, 0.1) is 5.54 Å². The van der Waals surface area contributed by atoms with E-state index >= 15 is 0 Å². The van der Waals surface area contributed by atoms with Gasteiger partial charge in [-0.1, -0.05) is 72.0 Å². The normalized spacial score (nSPS) is 13.8. The van der Waals surface area contributed by atoms with Gasteiger partial charge in [-0.2, -0.15) is 5.10 Å². The van der Waals surface area contributed by atoms with E-state index < -0.39 is 0 Å². The lowest BCUT2D eigenvalue weighted by Gasteiger charge is -2.37. The molecular weight excluding hydrogens is 272 g/mol. The molecule has 1 amide bonds. The molecule has 0 aliphatic carbocycles. The highest BCUT2D eigenvalue weighted by Crippen LogP contribution is 2.29. The first-order valence-electron chi connectivity index (χ1n) is 8.67. The number of nitrogens with zero attached hydrogens (tertiary/aromatic N) is 2. The Labute approximate surface area is 137 Å². The molecule has 0 rings (SSSR count). The minimum Gasteiger partial charge on any atom is -0.268 e. The molecule has 0 aromatic rings. The van der Waals surface area contributed by atoms with Crippen LogP contribution in [-0.2, 0) is 4.79 Å². The number of amides is 1. The third-order valence-electron chi connectivity index (χ3n) is 4.07. The van der Waals surface area contributed by atoms with Crippen LogP contribution >= 0.6 is 0 Å². The van der Waals surface area contributed by atoms with Crippen molar-refractivity contribution in [3.8, 4) is 0 Å². The fourth-order valence-electron chi connectivity index (χ4n) is 2.67. The summed E-state index contributed by atoms with van der Waals surface area (Å²) >= 11 is 0. The Morgan fingerprint density at radius 2 is 1.64 bits per heavy atom. The predicted octanol–water partition coefficient (Wildman–Crippen LogP) is 5.48. The quantitative estimate of drug-likeness (QED) is 0.192. The SMILES string of the molecule is C=C/C=N\N(C(=O)C=C)C(C)(CCCC)CCCCCCC. The van der Waals surface area contributed by atoms with E-state index in [-0.39, 0.29) is 11.4 Å². The number of hydrogen-bond donors (Lipinski definition) is 0. The summed E-state index contributed by atoms with van der Waals surface area (Å²) in [6, 6.07) is 0. The summed E-state index contributed by atoms with van der Waals surface area (Å²) in [5, 5.41) is 5.93. The zero-order chi connectivity index (χ0) is 16.8. The van der Waals surface area contributed by atoms with Gasteiger partial charge >= 0.3 is 0 Å². The van der Waals surface area contributed by atoms with Crippen LogP contribution in [0.4, 0.5) is 0 Å². The van der Waals surface area contributed by atoms with Gasteiger partial charge in [-0.25, -0.2) is 5.01 Å². The fraction of sp³-hybridized carbons (Fsp3) is 0.684. The van der Waals surface area contributed by atoms with E-state index in [4.69, 9.17) is 0 Å². The zero-order valence-corrected chi connectivity index (χ0v) is 14.8. The molecule has 0 saturated carbocycles. The van der Waals surface area contributed by atoms with Crippen molar-refractivity contribution in [2.24, 2.45) is 5.10 Å².